The third-order valence-corrected chi connectivity index (χ3v) is 5.37. The van der Waals surface area contributed by atoms with Gasteiger partial charge in [0, 0.05) is 30.5 Å². The first-order valence-corrected chi connectivity index (χ1v) is 9.64. The van der Waals surface area contributed by atoms with E-state index in [9.17, 15) is 9.59 Å². The standard InChI is InChI=1S/C21H24N4O3/c26-20(24-17-5-3-4-15(12-17)16-13-22-23-14-16)18-6-1-2-7-19(18)21(27)25-8-10-28-11-9-25/h1-5,12-14,18-19H,6-11H2,(H,22,23)(H,24,26). The maximum Gasteiger partial charge on any atom is 0.228 e. The van der Waals surface area contributed by atoms with Crippen molar-refractivity contribution in [1.29, 1.82) is 0 Å². The van der Waals surface area contributed by atoms with Crippen LogP contribution >= 0.6 is 0 Å². The van der Waals surface area contributed by atoms with Gasteiger partial charge in [-0.15, -0.1) is 0 Å². The van der Waals surface area contributed by atoms with Crippen molar-refractivity contribution >= 4 is 17.5 Å². The molecule has 0 bridgehead atoms. The second-order valence-electron chi connectivity index (χ2n) is 7.15. The van der Waals surface area contributed by atoms with Crippen molar-refractivity contribution in [3.8, 4) is 11.1 Å². The number of rotatable bonds is 4. The Labute approximate surface area is 163 Å². The molecule has 2 N–H and O–H groups in total. The molecule has 1 aliphatic carbocycles. The molecule has 2 atom stereocenters. The molecule has 0 radical (unpaired) electrons. The molecule has 4 rings (SSSR count). The van der Waals surface area contributed by atoms with Gasteiger partial charge in [0.15, 0.2) is 0 Å². The highest BCUT2D eigenvalue weighted by Crippen LogP contribution is 2.30. The Kier molecular flexibility index (Phi) is 5.53. The van der Waals surface area contributed by atoms with E-state index in [4.69, 9.17) is 4.74 Å². The first kappa shape index (κ1) is 18.4. The van der Waals surface area contributed by atoms with Crippen molar-refractivity contribution in [3.05, 3.63) is 48.8 Å². The minimum atomic E-state index is -0.363. The van der Waals surface area contributed by atoms with E-state index in [0.29, 0.717) is 39.1 Å². The number of carbonyl (C=O) groups excluding carboxylic acids is 2. The van der Waals surface area contributed by atoms with Gasteiger partial charge in [-0.3, -0.25) is 14.7 Å². The maximum atomic E-state index is 13.0. The summed E-state index contributed by atoms with van der Waals surface area (Å²) in [5.41, 5.74) is 2.64. The summed E-state index contributed by atoms with van der Waals surface area (Å²) < 4.78 is 5.34. The third-order valence-electron chi connectivity index (χ3n) is 5.37. The number of amides is 2. The number of anilines is 1. The summed E-state index contributed by atoms with van der Waals surface area (Å²) in [6.07, 6.45) is 8.73. The molecule has 1 fully saturated rings. The number of carbonyl (C=O) groups is 2. The van der Waals surface area contributed by atoms with E-state index < -0.39 is 0 Å². The van der Waals surface area contributed by atoms with Gasteiger partial charge in [-0.25, -0.2) is 0 Å². The maximum absolute atomic E-state index is 13.0. The van der Waals surface area contributed by atoms with Crippen molar-refractivity contribution in [1.82, 2.24) is 15.1 Å². The SMILES string of the molecule is O=C(Nc1cccc(-c2cn[nH]c2)c1)C1CC=CCC1C(=O)N1CCOCC1. The molecule has 2 aliphatic rings. The molecule has 7 heteroatoms. The highest BCUT2D eigenvalue weighted by atomic mass is 16.5. The second kappa shape index (κ2) is 8.39. The normalized spacial score (nSPS) is 22.1. The molecule has 28 heavy (non-hydrogen) atoms. The zero-order valence-electron chi connectivity index (χ0n) is 15.6. The van der Waals surface area contributed by atoms with E-state index in [1.165, 1.54) is 0 Å². The molecule has 2 aromatic rings. The highest BCUT2D eigenvalue weighted by molar-refractivity contribution is 5.97. The Morgan fingerprint density at radius 2 is 1.89 bits per heavy atom. The topological polar surface area (TPSA) is 87.3 Å². The van der Waals surface area contributed by atoms with Gasteiger partial charge >= 0.3 is 0 Å². The van der Waals surface area contributed by atoms with Crippen LogP contribution in [0.25, 0.3) is 11.1 Å². The van der Waals surface area contributed by atoms with Crippen molar-refractivity contribution in [2.24, 2.45) is 11.8 Å². The smallest absolute Gasteiger partial charge is 0.228 e. The van der Waals surface area contributed by atoms with Crippen LogP contribution in [0.1, 0.15) is 12.8 Å². The predicted molar refractivity (Wildman–Crippen MR) is 105 cm³/mol. The molecule has 0 saturated carbocycles. The molecule has 2 heterocycles. The fraction of sp³-hybridized carbons (Fsp3) is 0.381. The second-order valence-corrected chi connectivity index (χ2v) is 7.15. The van der Waals surface area contributed by atoms with Gasteiger partial charge in [0.2, 0.25) is 11.8 Å². The quantitative estimate of drug-likeness (QED) is 0.798. The first-order chi connectivity index (χ1) is 13.7. The van der Waals surface area contributed by atoms with Crippen molar-refractivity contribution in [2.45, 2.75) is 12.8 Å². The van der Waals surface area contributed by atoms with Crippen LogP contribution in [0.4, 0.5) is 5.69 Å². The summed E-state index contributed by atoms with van der Waals surface area (Å²) in [5.74, 6) is -0.738. The van der Waals surface area contributed by atoms with Crippen LogP contribution in [0.3, 0.4) is 0 Å². The number of ether oxygens (including phenoxy) is 1. The average Bonchev–Trinajstić information content (AvgIpc) is 3.29. The van der Waals surface area contributed by atoms with Crippen molar-refractivity contribution in [3.63, 3.8) is 0 Å². The summed E-state index contributed by atoms with van der Waals surface area (Å²) >= 11 is 0. The zero-order valence-corrected chi connectivity index (χ0v) is 15.6. The minimum Gasteiger partial charge on any atom is -0.378 e. The van der Waals surface area contributed by atoms with Gasteiger partial charge in [0.05, 0.1) is 31.2 Å². The number of hydrogen-bond donors (Lipinski definition) is 2. The first-order valence-electron chi connectivity index (χ1n) is 9.64. The fourth-order valence-electron chi connectivity index (χ4n) is 3.82. The summed E-state index contributed by atoms with van der Waals surface area (Å²) in [6, 6.07) is 7.64. The molecule has 1 aliphatic heterocycles. The monoisotopic (exact) mass is 380 g/mol. The van der Waals surface area contributed by atoms with Gasteiger partial charge in [-0.05, 0) is 30.5 Å². The van der Waals surface area contributed by atoms with E-state index in [-0.39, 0.29) is 23.7 Å². The number of hydrogen-bond acceptors (Lipinski definition) is 4. The Bertz CT molecular complexity index is 856. The Balaban J connectivity index is 1.47. The largest absolute Gasteiger partial charge is 0.378 e. The van der Waals surface area contributed by atoms with E-state index in [1.54, 1.807) is 6.20 Å². The van der Waals surface area contributed by atoms with Gasteiger partial charge in [0.25, 0.3) is 0 Å². The molecule has 1 aromatic carbocycles. The van der Waals surface area contributed by atoms with Gasteiger partial charge in [-0.1, -0.05) is 24.3 Å². The molecule has 0 spiro atoms. The number of nitrogens with one attached hydrogen (secondary N) is 2. The fourth-order valence-corrected chi connectivity index (χ4v) is 3.82. The lowest BCUT2D eigenvalue weighted by Gasteiger charge is -2.34. The summed E-state index contributed by atoms with van der Waals surface area (Å²) in [6.45, 7) is 2.32. The Morgan fingerprint density at radius 3 is 2.64 bits per heavy atom. The third kappa shape index (κ3) is 3.99. The van der Waals surface area contributed by atoms with Crippen molar-refractivity contribution in [2.75, 3.05) is 31.6 Å². The molecular formula is C21H24N4O3. The Hall–Kier alpha value is -2.93. The Morgan fingerprint density at radius 1 is 1.11 bits per heavy atom. The van der Waals surface area contributed by atoms with E-state index >= 15 is 0 Å². The average molecular weight is 380 g/mol. The summed E-state index contributed by atoms with van der Waals surface area (Å²) in [5, 5.41) is 9.76. The number of aromatic amines is 1. The van der Waals surface area contributed by atoms with Crippen LogP contribution in [0.15, 0.2) is 48.8 Å². The lowest BCUT2D eigenvalue weighted by molar-refractivity contribution is -0.144. The number of H-pyrrole nitrogens is 1. The zero-order chi connectivity index (χ0) is 19.3. The van der Waals surface area contributed by atoms with E-state index in [1.807, 2.05) is 47.5 Å². The molecule has 2 unspecified atom stereocenters. The molecule has 1 aromatic heterocycles. The minimum absolute atomic E-state index is 0.0555. The van der Waals surface area contributed by atoms with Gasteiger partial charge < -0.3 is 15.0 Å². The lowest BCUT2D eigenvalue weighted by atomic mass is 9.81. The van der Waals surface area contributed by atoms with Crippen LogP contribution in [-0.2, 0) is 14.3 Å². The lowest BCUT2D eigenvalue weighted by Crippen LogP contribution is -2.47. The number of aromatic nitrogens is 2. The molecule has 146 valence electrons. The van der Waals surface area contributed by atoms with Crippen LogP contribution < -0.4 is 5.32 Å². The van der Waals surface area contributed by atoms with Crippen LogP contribution in [0.5, 0.6) is 0 Å². The van der Waals surface area contributed by atoms with E-state index in [0.717, 1.165) is 16.8 Å². The van der Waals surface area contributed by atoms with Crippen LogP contribution in [-0.4, -0.2) is 53.2 Å². The molecule has 1 saturated heterocycles. The van der Waals surface area contributed by atoms with E-state index in [2.05, 4.69) is 15.5 Å². The number of allylic oxidation sites excluding steroid dienone is 2. The van der Waals surface area contributed by atoms with Crippen LogP contribution in [0.2, 0.25) is 0 Å². The molecular weight excluding hydrogens is 356 g/mol. The molecule has 2 amide bonds. The summed E-state index contributed by atoms with van der Waals surface area (Å²) in [7, 11) is 0. The summed E-state index contributed by atoms with van der Waals surface area (Å²) in [4.78, 5) is 27.8. The number of nitrogens with zero attached hydrogens (tertiary/aromatic N) is 2. The number of morpholine rings is 1. The van der Waals surface area contributed by atoms with Gasteiger partial charge in [0.1, 0.15) is 0 Å². The number of benzene rings is 1. The highest BCUT2D eigenvalue weighted by Gasteiger charge is 2.36. The van der Waals surface area contributed by atoms with Gasteiger partial charge in [-0.2, -0.15) is 5.10 Å². The van der Waals surface area contributed by atoms with Crippen LogP contribution in [0, 0.1) is 11.8 Å². The molecule has 7 nitrogen and oxygen atoms in total. The predicted octanol–water partition coefficient (Wildman–Crippen LogP) is 2.46. The van der Waals surface area contributed by atoms with Crippen molar-refractivity contribution < 1.29 is 14.3 Å².